The van der Waals surface area contributed by atoms with Crippen molar-refractivity contribution in [1.29, 1.82) is 0 Å². The second-order valence-electron chi connectivity index (χ2n) is 9.68. The number of anilines is 5. The second-order valence-corrected chi connectivity index (χ2v) is 9.68. The molecule has 0 atom stereocenters. The van der Waals surface area contributed by atoms with Crippen LogP contribution in [0.4, 0.5) is 28.4 Å². The van der Waals surface area contributed by atoms with Crippen molar-refractivity contribution in [3.8, 4) is 0 Å². The summed E-state index contributed by atoms with van der Waals surface area (Å²) in [5.74, 6) is -0.306. The summed E-state index contributed by atoms with van der Waals surface area (Å²) in [6, 6.07) is 24.4. The largest absolute Gasteiger partial charge is 0.393 e. The number of rotatable bonds is 8. The first-order valence-corrected chi connectivity index (χ1v) is 13.3. The van der Waals surface area contributed by atoms with Gasteiger partial charge in [-0.1, -0.05) is 0 Å². The first-order chi connectivity index (χ1) is 19.0. The summed E-state index contributed by atoms with van der Waals surface area (Å²) in [5.41, 5.74) is 5.46. The van der Waals surface area contributed by atoms with Crippen LogP contribution in [-0.2, 0) is 6.54 Å². The number of carbonyl (C=O) groups excluding carboxylic acids is 2. The molecule has 0 unspecified atom stereocenters. The van der Waals surface area contributed by atoms with Gasteiger partial charge in [0.15, 0.2) is 0 Å². The number of amides is 2. The molecule has 200 valence electrons. The highest BCUT2D eigenvalue weighted by molar-refractivity contribution is 6.05. The first kappa shape index (κ1) is 26.1. The Bertz CT molecular complexity index is 1400. The van der Waals surface area contributed by atoms with Crippen LogP contribution in [0.3, 0.4) is 0 Å². The van der Waals surface area contributed by atoms with E-state index in [0.29, 0.717) is 16.8 Å². The molecule has 0 aliphatic carbocycles. The zero-order valence-corrected chi connectivity index (χ0v) is 21.9. The van der Waals surface area contributed by atoms with Crippen LogP contribution in [0.5, 0.6) is 0 Å². The van der Waals surface area contributed by atoms with Gasteiger partial charge in [0.1, 0.15) is 0 Å². The minimum atomic E-state index is -0.211. The molecule has 3 aromatic carbocycles. The number of hydrogen-bond donors (Lipinski definition) is 4. The molecule has 1 aliphatic heterocycles. The maximum absolute atomic E-state index is 12.7. The molecule has 4 aromatic rings. The first-order valence-electron chi connectivity index (χ1n) is 13.3. The summed E-state index contributed by atoms with van der Waals surface area (Å²) in [4.78, 5) is 27.4. The normalized spacial score (nSPS) is 13.6. The van der Waals surface area contributed by atoms with E-state index in [9.17, 15) is 14.7 Å². The van der Waals surface area contributed by atoms with E-state index in [4.69, 9.17) is 0 Å². The molecule has 0 radical (unpaired) electrons. The van der Waals surface area contributed by atoms with E-state index in [0.717, 1.165) is 55.2 Å². The van der Waals surface area contributed by atoms with Crippen molar-refractivity contribution in [2.75, 3.05) is 33.9 Å². The van der Waals surface area contributed by atoms with E-state index in [1.54, 1.807) is 6.07 Å². The summed E-state index contributed by atoms with van der Waals surface area (Å²) in [5, 5.41) is 18.9. The van der Waals surface area contributed by atoms with Crippen molar-refractivity contribution in [2.24, 2.45) is 0 Å². The summed E-state index contributed by atoms with van der Waals surface area (Å²) in [6.45, 7) is 4.49. The third-order valence-electron chi connectivity index (χ3n) is 6.91. The van der Waals surface area contributed by atoms with Crippen molar-refractivity contribution in [1.82, 2.24) is 4.57 Å². The van der Waals surface area contributed by atoms with Gasteiger partial charge in [-0.3, -0.25) is 9.59 Å². The van der Waals surface area contributed by atoms with Crippen molar-refractivity contribution in [2.45, 2.75) is 32.4 Å². The highest BCUT2D eigenvalue weighted by Crippen LogP contribution is 2.23. The van der Waals surface area contributed by atoms with E-state index in [1.165, 1.54) is 0 Å². The molecule has 1 saturated heterocycles. The number of aliphatic hydroxyl groups is 1. The summed E-state index contributed by atoms with van der Waals surface area (Å²) >= 11 is 0. The monoisotopic (exact) mass is 523 g/mol. The van der Waals surface area contributed by atoms with Crippen molar-refractivity contribution in [3.63, 3.8) is 0 Å². The molecule has 0 bridgehead atoms. The topological polar surface area (TPSA) is 98.6 Å². The van der Waals surface area contributed by atoms with Gasteiger partial charge in [-0.25, -0.2) is 0 Å². The Labute approximate surface area is 228 Å². The van der Waals surface area contributed by atoms with Gasteiger partial charge in [0, 0.05) is 66.0 Å². The molecule has 1 aromatic heterocycles. The standard InChI is InChI=1S/C31H33N5O3/c1-2-35-18-15-23(21-35)31(39)34-27-11-7-25(8-12-27)32-24-5-9-26(10-6-24)33-30(38)22-3-13-28(14-4-22)36-19-16-29(37)17-20-36/h3-15,18,21,29,32,37H,2,16-17,19-20H2,1H3,(H,33,38)(H,34,39). The van der Waals surface area contributed by atoms with E-state index < -0.39 is 0 Å². The zero-order chi connectivity index (χ0) is 27.2. The average Bonchev–Trinajstić information content (AvgIpc) is 3.45. The molecule has 1 fully saturated rings. The Morgan fingerprint density at radius 3 is 1.77 bits per heavy atom. The van der Waals surface area contributed by atoms with Gasteiger partial charge in [-0.2, -0.15) is 0 Å². The van der Waals surface area contributed by atoms with Crippen LogP contribution in [0.15, 0.2) is 91.3 Å². The Balaban J connectivity index is 1.12. The number of aliphatic hydroxyl groups excluding tert-OH is 1. The fraction of sp³-hybridized carbons (Fsp3) is 0.226. The molecule has 8 heteroatoms. The maximum Gasteiger partial charge on any atom is 0.257 e. The molecule has 4 N–H and O–H groups in total. The zero-order valence-electron chi connectivity index (χ0n) is 21.9. The predicted octanol–water partition coefficient (Wildman–Crippen LogP) is 5.72. The van der Waals surface area contributed by atoms with Crippen LogP contribution in [0, 0.1) is 0 Å². The van der Waals surface area contributed by atoms with Crippen molar-refractivity contribution >= 4 is 40.3 Å². The van der Waals surface area contributed by atoms with Gasteiger partial charge in [-0.15, -0.1) is 0 Å². The quantitative estimate of drug-likeness (QED) is 0.237. The molecule has 0 saturated carbocycles. The minimum Gasteiger partial charge on any atom is -0.393 e. The van der Waals surface area contributed by atoms with Gasteiger partial charge in [0.25, 0.3) is 11.8 Å². The van der Waals surface area contributed by atoms with E-state index in [1.807, 2.05) is 96.7 Å². The second kappa shape index (κ2) is 11.9. The molecular weight excluding hydrogens is 490 g/mol. The highest BCUT2D eigenvalue weighted by Gasteiger charge is 2.17. The minimum absolute atomic E-state index is 0.140. The third kappa shape index (κ3) is 6.66. The van der Waals surface area contributed by atoms with Crippen molar-refractivity contribution < 1.29 is 14.7 Å². The number of hydrogen-bond acceptors (Lipinski definition) is 5. The molecule has 0 spiro atoms. The number of piperidine rings is 1. The van der Waals surface area contributed by atoms with Crippen molar-refractivity contribution in [3.05, 3.63) is 102 Å². The number of aromatic nitrogens is 1. The number of nitrogens with one attached hydrogen (secondary N) is 3. The van der Waals surface area contributed by atoms with Gasteiger partial charge in [0.2, 0.25) is 0 Å². The number of aryl methyl sites for hydroxylation is 1. The Morgan fingerprint density at radius 1 is 0.744 bits per heavy atom. The Hall–Kier alpha value is -4.56. The van der Waals surface area contributed by atoms with Gasteiger partial charge >= 0.3 is 0 Å². The number of nitrogens with zero attached hydrogens (tertiary/aromatic N) is 2. The summed E-state index contributed by atoms with van der Waals surface area (Å²) in [7, 11) is 0. The maximum atomic E-state index is 12.7. The smallest absolute Gasteiger partial charge is 0.257 e. The fourth-order valence-corrected chi connectivity index (χ4v) is 4.57. The van der Waals surface area contributed by atoms with Gasteiger partial charge in [0.05, 0.1) is 11.7 Å². The van der Waals surface area contributed by atoms with Gasteiger partial charge in [-0.05, 0) is 98.6 Å². The lowest BCUT2D eigenvalue weighted by Crippen LogP contribution is -2.35. The molecule has 8 nitrogen and oxygen atoms in total. The lowest BCUT2D eigenvalue weighted by molar-refractivity contribution is 0.101. The van der Waals surface area contributed by atoms with Crippen LogP contribution in [0.2, 0.25) is 0 Å². The van der Waals surface area contributed by atoms with E-state index in [-0.39, 0.29) is 17.9 Å². The number of benzene rings is 3. The third-order valence-corrected chi connectivity index (χ3v) is 6.91. The van der Waals surface area contributed by atoms with E-state index >= 15 is 0 Å². The molecule has 5 rings (SSSR count). The van der Waals surface area contributed by atoms with Gasteiger partial charge < -0.3 is 30.5 Å². The SMILES string of the molecule is CCn1ccc(C(=O)Nc2ccc(Nc3ccc(NC(=O)c4ccc(N5CCC(O)CC5)cc4)cc3)cc2)c1. The predicted molar refractivity (Wildman–Crippen MR) is 156 cm³/mol. The van der Waals surface area contributed by atoms with E-state index in [2.05, 4.69) is 20.9 Å². The van der Waals surface area contributed by atoms with Crippen LogP contribution in [0.25, 0.3) is 0 Å². The summed E-state index contributed by atoms with van der Waals surface area (Å²) in [6.07, 6.45) is 5.05. The Kier molecular flexibility index (Phi) is 7.94. The fourth-order valence-electron chi connectivity index (χ4n) is 4.57. The lowest BCUT2D eigenvalue weighted by atomic mass is 10.1. The molecule has 39 heavy (non-hydrogen) atoms. The summed E-state index contributed by atoms with van der Waals surface area (Å²) < 4.78 is 1.96. The molecule has 2 amide bonds. The number of carbonyl (C=O) groups is 2. The van der Waals surface area contributed by atoms with Crippen LogP contribution in [-0.4, -0.2) is 40.7 Å². The van der Waals surface area contributed by atoms with Crippen LogP contribution < -0.4 is 20.9 Å². The van der Waals surface area contributed by atoms with Crippen LogP contribution in [0.1, 0.15) is 40.5 Å². The average molecular weight is 524 g/mol. The lowest BCUT2D eigenvalue weighted by Gasteiger charge is -2.31. The van der Waals surface area contributed by atoms with Crippen LogP contribution >= 0.6 is 0 Å². The highest BCUT2D eigenvalue weighted by atomic mass is 16.3. The molecular formula is C31H33N5O3. The molecule has 1 aliphatic rings. The Morgan fingerprint density at radius 2 is 1.26 bits per heavy atom. The molecule has 2 heterocycles.